The van der Waals surface area contributed by atoms with E-state index in [1.165, 1.54) is 16.8 Å². The van der Waals surface area contributed by atoms with E-state index in [0.29, 0.717) is 10.6 Å². The molecule has 2 aromatic carbocycles. The quantitative estimate of drug-likeness (QED) is 0.588. The molecular formula is C16H13FN4S. The minimum atomic E-state index is -0.298. The first-order chi connectivity index (χ1) is 10.6. The Morgan fingerprint density at radius 1 is 1.23 bits per heavy atom. The van der Waals surface area contributed by atoms with Gasteiger partial charge in [0.1, 0.15) is 5.82 Å². The number of aromatic amines is 1. The lowest BCUT2D eigenvalue weighted by Gasteiger charge is -2.01. The van der Waals surface area contributed by atoms with Crippen LogP contribution in [0, 0.1) is 17.5 Å². The lowest BCUT2D eigenvalue weighted by molar-refractivity contribution is 0.628. The molecule has 0 saturated heterocycles. The van der Waals surface area contributed by atoms with Gasteiger partial charge in [0.25, 0.3) is 0 Å². The number of aromatic nitrogens is 3. The van der Waals surface area contributed by atoms with Crippen molar-refractivity contribution in [2.24, 2.45) is 5.10 Å². The zero-order chi connectivity index (χ0) is 15.5. The maximum Gasteiger partial charge on any atom is 0.216 e. The summed E-state index contributed by atoms with van der Waals surface area (Å²) < 4.78 is 14.9. The first-order valence-corrected chi connectivity index (χ1v) is 7.09. The molecule has 6 heteroatoms. The molecule has 0 aliphatic heterocycles. The van der Waals surface area contributed by atoms with Crippen molar-refractivity contribution in [1.82, 2.24) is 14.9 Å². The maximum atomic E-state index is 13.0. The summed E-state index contributed by atoms with van der Waals surface area (Å²) >= 11 is 5.20. The van der Waals surface area contributed by atoms with Gasteiger partial charge in [-0.05, 0) is 49.0 Å². The fourth-order valence-corrected chi connectivity index (χ4v) is 2.24. The number of hydrogen-bond acceptors (Lipinski definition) is 3. The highest BCUT2D eigenvalue weighted by Gasteiger charge is 2.07. The standard InChI is InChI=1S/C16H13FN4S/c1-11-3-2-4-12(9-11)10-18-21-15(19-20-16(21)22)13-5-7-14(17)8-6-13/h2-10H,1H3,(H,20,22). The number of benzene rings is 2. The first kappa shape index (κ1) is 14.3. The van der Waals surface area contributed by atoms with Crippen LogP contribution in [0.15, 0.2) is 53.6 Å². The van der Waals surface area contributed by atoms with Crippen LogP contribution in [0.2, 0.25) is 0 Å². The fraction of sp³-hybridized carbons (Fsp3) is 0.0625. The molecule has 1 N–H and O–H groups in total. The summed E-state index contributed by atoms with van der Waals surface area (Å²) in [5.41, 5.74) is 2.85. The van der Waals surface area contributed by atoms with Crippen LogP contribution in [0.4, 0.5) is 4.39 Å². The Balaban J connectivity index is 1.99. The van der Waals surface area contributed by atoms with Crippen molar-refractivity contribution in [1.29, 1.82) is 0 Å². The smallest absolute Gasteiger partial charge is 0.216 e. The molecule has 0 aliphatic rings. The van der Waals surface area contributed by atoms with Gasteiger partial charge < -0.3 is 0 Å². The molecule has 0 atom stereocenters. The molecule has 0 saturated carbocycles. The zero-order valence-corrected chi connectivity index (χ0v) is 12.6. The van der Waals surface area contributed by atoms with Crippen molar-refractivity contribution in [2.75, 3.05) is 0 Å². The van der Waals surface area contributed by atoms with Crippen LogP contribution in [-0.4, -0.2) is 21.1 Å². The Hall–Kier alpha value is -2.60. The predicted octanol–water partition coefficient (Wildman–Crippen LogP) is 3.94. The summed E-state index contributed by atoms with van der Waals surface area (Å²) in [6, 6.07) is 14.0. The SMILES string of the molecule is Cc1cccc(C=Nn2c(-c3ccc(F)cc3)n[nH]c2=S)c1. The van der Waals surface area contributed by atoms with Gasteiger partial charge in [0.05, 0.1) is 6.21 Å². The van der Waals surface area contributed by atoms with Crippen LogP contribution >= 0.6 is 12.2 Å². The molecule has 0 aliphatic carbocycles. The molecular weight excluding hydrogens is 299 g/mol. The molecule has 3 rings (SSSR count). The van der Waals surface area contributed by atoms with Crippen LogP contribution in [0.3, 0.4) is 0 Å². The van der Waals surface area contributed by atoms with Crippen molar-refractivity contribution < 1.29 is 4.39 Å². The minimum Gasteiger partial charge on any atom is -0.250 e. The van der Waals surface area contributed by atoms with Gasteiger partial charge in [0.15, 0.2) is 5.82 Å². The van der Waals surface area contributed by atoms with Gasteiger partial charge in [0.2, 0.25) is 4.77 Å². The van der Waals surface area contributed by atoms with Crippen LogP contribution < -0.4 is 0 Å². The third-order valence-electron chi connectivity index (χ3n) is 3.12. The Kier molecular flexibility index (Phi) is 3.93. The van der Waals surface area contributed by atoms with Gasteiger partial charge in [-0.3, -0.25) is 0 Å². The Labute approximate surface area is 131 Å². The molecule has 3 aromatic rings. The number of aryl methyl sites for hydroxylation is 1. The number of nitrogens with zero attached hydrogens (tertiary/aromatic N) is 3. The Bertz CT molecular complexity index is 878. The summed E-state index contributed by atoms with van der Waals surface area (Å²) in [6.45, 7) is 2.02. The van der Waals surface area contributed by atoms with Crippen LogP contribution in [0.25, 0.3) is 11.4 Å². The zero-order valence-electron chi connectivity index (χ0n) is 11.8. The number of hydrogen-bond donors (Lipinski definition) is 1. The van der Waals surface area contributed by atoms with Gasteiger partial charge in [-0.15, -0.1) is 0 Å². The molecule has 0 fully saturated rings. The minimum absolute atomic E-state index is 0.298. The van der Waals surface area contributed by atoms with Crippen molar-refractivity contribution in [3.8, 4) is 11.4 Å². The predicted molar refractivity (Wildman–Crippen MR) is 87.0 cm³/mol. The normalized spacial score (nSPS) is 11.2. The van der Waals surface area contributed by atoms with E-state index in [9.17, 15) is 4.39 Å². The second-order valence-corrected chi connectivity index (χ2v) is 5.22. The monoisotopic (exact) mass is 312 g/mol. The molecule has 0 bridgehead atoms. The van der Waals surface area contributed by atoms with Gasteiger partial charge in [0, 0.05) is 5.56 Å². The molecule has 22 heavy (non-hydrogen) atoms. The first-order valence-electron chi connectivity index (χ1n) is 6.68. The van der Waals surface area contributed by atoms with Gasteiger partial charge in [-0.25, -0.2) is 9.49 Å². The maximum absolute atomic E-state index is 13.0. The van der Waals surface area contributed by atoms with Crippen LogP contribution in [0.5, 0.6) is 0 Å². The van der Waals surface area contributed by atoms with E-state index in [1.807, 2.05) is 31.2 Å². The largest absolute Gasteiger partial charge is 0.250 e. The van der Waals surface area contributed by atoms with E-state index in [0.717, 1.165) is 16.7 Å². The fourth-order valence-electron chi connectivity index (χ4n) is 2.06. The summed E-state index contributed by atoms with van der Waals surface area (Å²) in [7, 11) is 0. The molecule has 1 aromatic heterocycles. The van der Waals surface area contributed by atoms with Gasteiger partial charge in [-0.1, -0.05) is 29.8 Å². The van der Waals surface area contributed by atoms with Crippen molar-refractivity contribution in [2.45, 2.75) is 6.92 Å². The second kappa shape index (κ2) is 6.03. The molecule has 1 heterocycles. The van der Waals surface area contributed by atoms with Crippen LogP contribution in [0.1, 0.15) is 11.1 Å². The lowest BCUT2D eigenvalue weighted by Crippen LogP contribution is -1.95. The third kappa shape index (κ3) is 3.01. The number of halogens is 1. The van der Waals surface area contributed by atoms with E-state index < -0.39 is 0 Å². The van der Waals surface area contributed by atoms with Crippen molar-refractivity contribution in [3.63, 3.8) is 0 Å². The van der Waals surface area contributed by atoms with E-state index in [2.05, 4.69) is 15.3 Å². The topological polar surface area (TPSA) is 46.0 Å². The highest BCUT2D eigenvalue weighted by atomic mass is 32.1. The Morgan fingerprint density at radius 3 is 2.73 bits per heavy atom. The van der Waals surface area contributed by atoms with Gasteiger partial charge in [-0.2, -0.15) is 14.9 Å². The average molecular weight is 312 g/mol. The lowest BCUT2D eigenvalue weighted by atomic mass is 10.2. The molecule has 4 nitrogen and oxygen atoms in total. The highest BCUT2D eigenvalue weighted by molar-refractivity contribution is 7.71. The summed E-state index contributed by atoms with van der Waals surface area (Å²) in [6.07, 6.45) is 1.71. The average Bonchev–Trinajstić information content (AvgIpc) is 2.87. The number of nitrogens with one attached hydrogen (secondary N) is 1. The highest BCUT2D eigenvalue weighted by Crippen LogP contribution is 2.17. The van der Waals surface area contributed by atoms with E-state index in [-0.39, 0.29) is 5.82 Å². The van der Waals surface area contributed by atoms with E-state index in [1.54, 1.807) is 18.3 Å². The number of H-pyrrole nitrogens is 1. The van der Waals surface area contributed by atoms with Crippen LogP contribution in [-0.2, 0) is 0 Å². The molecule has 0 spiro atoms. The van der Waals surface area contributed by atoms with Gasteiger partial charge >= 0.3 is 0 Å². The van der Waals surface area contributed by atoms with Crippen molar-refractivity contribution in [3.05, 3.63) is 70.2 Å². The van der Waals surface area contributed by atoms with Crippen molar-refractivity contribution >= 4 is 18.4 Å². The Morgan fingerprint density at radius 2 is 2.00 bits per heavy atom. The summed E-state index contributed by atoms with van der Waals surface area (Å²) in [5, 5.41) is 11.2. The number of rotatable bonds is 3. The third-order valence-corrected chi connectivity index (χ3v) is 3.38. The molecule has 0 unspecified atom stereocenters. The van der Waals surface area contributed by atoms with E-state index in [4.69, 9.17) is 12.2 Å². The van der Waals surface area contributed by atoms with E-state index >= 15 is 0 Å². The molecule has 0 radical (unpaired) electrons. The second-order valence-electron chi connectivity index (χ2n) is 4.83. The summed E-state index contributed by atoms with van der Waals surface area (Å²) in [4.78, 5) is 0. The summed E-state index contributed by atoms with van der Waals surface area (Å²) in [5.74, 6) is 0.238. The molecule has 0 amide bonds. The molecule has 110 valence electrons.